The van der Waals surface area contributed by atoms with Crippen molar-refractivity contribution < 1.29 is 9.90 Å². The summed E-state index contributed by atoms with van der Waals surface area (Å²) in [5.74, 6) is 0.0713. The number of carboxylic acids is 1. The van der Waals surface area contributed by atoms with Crippen LogP contribution in [0.2, 0.25) is 0 Å². The molecule has 1 fully saturated rings. The number of hydrogen-bond donors (Lipinski definition) is 2. The molecule has 0 radical (unpaired) electrons. The molecule has 3 unspecified atom stereocenters. The maximum atomic E-state index is 11.2. The van der Waals surface area contributed by atoms with E-state index in [1.807, 2.05) is 13.8 Å². The fourth-order valence-electron chi connectivity index (χ4n) is 2.76. The van der Waals surface area contributed by atoms with E-state index in [4.69, 9.17) is 0 Å². The van der Waals surface area contributed by atoms with E-state index in [0.717, 1.165) is 19.0 Å². The number of carboxylic acid groups (broad SMARTS) is 1. The molecule has 18 heavy (non-hydrogen) atoms. The minimum atomic E-state index is -0.735. The Kier molecular flexibility index (Phi) is 6.09. The van der Waals surface area contributed by atoms with Gasteiger partial charge < -0.3 is 15.3 Å². The highest BCUT2D eigenvalue weighted by Gasteiger charge is 2.25. The summed E-state index contributed by atoms with van der Waals surface area (Å²) in [7, 11) is 0. The second kappa shape index (κ2) is 7.10. The van der Waals surface area contributed by atoms with Gasteiger partial charge in [0, 0.05) is 18.6 Å². The Labute approximate surface area is 111 Å². The summed E-state index contributed by atoms with van der Waals surface area (Å²) in [4.78, 5) is 13.6. The van der Waals surface area contributed by atoms with E-state index in [1.54, 1.807) is 0 Å². The van der Waals surface area contributed by atoms with Crippen LogP contribution in [-0.2, 0) is 4.79 Å². The molecular formula is C14H28N2O2. The summed E-state index contributed by atoms with van der Waals surface area (Å²) in [5.41, 5.74) is 0. The van der Waals surface area contributed by atoms with Crippen LogP contribution in [0.3, 0.4) is 0 Å². The van der Waals surface area contributed by atoms with E-state index in [9.17, 15) is 9.90 Å². The van der Waals surface area contributed by atoms with Crippen LogP contribution >= 0.6 is 0 Å². The fourth-order valence-corrected chi connectivity index (χ4v) is 2.76. The summed E-state index contributed by atoms with van der Waals surface area (Å²) in [6, 6.07) is 0.378. The Morgan fingerprint density at radius 3 is 2.61 bits per heavy atom. The zero-order valence-electron chi connectivity index (χ0n) is 12.1. The van der Waals surface area contributed by atoms with Crippen LogP contribution in [0.5, 0.6) is 0 Å². The first-order chi connectivity index (χ1) is 8.40. The van der Waals surface area contributed by atoms with E-state index in [0.29, 0.717) is 12.5 Å². The summed E-state index contributed by atoms with van der Waals surface area (Å²) < 4.78 is 0. The Hall–Kier alpha value is -0.610. The molecule has 0 aromatic heterocycles. The second-order valence-corrected chi connectivity index (χ2v) is 6.02. The van der Waals surface area contributed by atoms with Crippen molar-refractivity contribution in [1.29, 1.82) is 0 Å². The lowest BCUT2D eigenvalue weighted by atomic mass is 9.93. The molecule has 4 nitrogen and oxygen atoms in total. The first-order valence-electron chi connectivity index (χ1n) is 7.13. The third kappa shape index (κ3) is 4.94. The van der Waals surface area contributed by atoms with Crippen LogP contribution in [0.4, 0.5) is 0 Å². The molecule has 1 aliphatic rings. The first kappa shape index (κ1) is 15.4. The molecule has 0 aliphatic carbocycles. The monoisotopic (exact) mass is 256 g/mol. The van der Waals surface area contributed by atoms with Crippen LogP contribution in [0.15, 0.2) is 0 Å². The van der Waals surface area contributed by atoms with E-state index >= 15 is 0 Å². The molecule has 0 aromatic rings. The van der Waals surface area contributed by atoms with Gasteiger partial charge in [0.2, 0.25) is 0 Å². The van der Waals surface area contributed by atoms with Gasteiger partial charge in [0.15, 0.2) is 0 Å². The van der Waals surface area contributed by atoms with E-state index < -0.39 is 12.0 Å². The number of piperidine rings is 1. The zero-order valence-corrected chi connectivity index (χ0v) is 12.1. The molecule has 0 aromatic carbocycles. The van der Waals surface area contributed by atoms with Crippen molar-refractivity contribution >= 4 is 5.97 Å². The molecule has 1 saturated heterocycles. The molecule has 106 valence electrons. The van der Waals surface area contributed by atoms with Gasteiger partial charge >= 0.3 is 5.97 Å². The lowest BCUT2D eigenvalue weighted by molar-refractivity contribution is -0.140. The second-order valence-electron chi connectivity index (χ2n) is 6.02. The molecular weight excluding hydrogens is 228 g/mol. The van der Waals surface area contributed by atoms with Crippen molar-refractivity contribution in [2.24, 2.45) is 5.92 Å². The van der Waals surface area contributed by atoms with Gasteiger partial charge in [-0.2, -0.15) is 0 Å². The Balaban J connectivity index is 2.39. The third-order valence-electron chi connectivity index (χ3n) is 3.81. The summed E-state index contributed by atoms with van der Waals surface area (Å²) >= 11 is 0. The van der Waals surface area contributed by atoms with Crippen molar-refractivity contribution in [3.63, 3.8) is 0 Å². The van der Waals surface area contributed by atoms with Gasteiger partial charge in [0.25, 0.3) is 0 Å². The molecule has 2 N–H and O–H groups in total. The molecule has 1 heterocycles. The largest absolute Gasteiger partial charge is 0.480 e. The van der Waals surface area contributed by atoms with Gasteiger partial charge in [-0.05, 0) is 38.6 Å². The van der Waals surface area contributed by atoms with Gasteiger partial charge in [-0.25, -0.2) is 0 Å². The fraction of sp³-hybridized carbons (Fsp3) is 0.929. The Bertz CT molecular complexity index is 269. The van der Waals surface area contributed by atoms with Gasteiger partial charge in [-0.15, -0.1) is 0 Å². The van der Waals surface area contributed by atoms with Crippen molar-refractivity contribution in [3.8, 4) is 0 Å². The van der Waals surface area contributed by atoms with Crippen molar-refractivity contribution in [3.05, 3.63) is 0 Å². The lowest BCUT2D eigenvalue weighted by Gasteiger charge is -2.37. The SMILES string of the molecule is CC1CCN(CCC(NC(C)C)C(=O)O)C(C)C1. The minimum Gasteiger partial charge on any atom is -0.480 e. The van der Waals surface area contributed by atoms with Crippen LogP contribution in [0.25, 0.3) is 0 Å². The standard InChI is InChI=1S/C14H28N2O2/c1-10(2)15-13(14(17)18)6-8-16-7-5-11(3)9-12(16)4/h10-13,15H,5-9H2,1-4H3,(H,17,18). The minimum absolute atomic E-state index is 0.213. The Morgan fingerprint density at radius 2 is 2.11 bits per heavy atom. The number of carbonyl (C=O) groups is 1. The smallest absolute Gasteiger partial charge is 0.320 e. The van der Waals surface area contributed by atoms with Crippen molar-refractivity contribution in [2.45, 2.75) is 65.1 Å². The molecule has 3 atom stereocenters. The van der Waals surface area contributed by atoms with Crippen LogP contribution in [-0.4, -0.2) is 47.2 Å². The average molecular weight is 256 g/mol. The molecule has 0 spiro atoms. The van der Waals surface area contributed by atoms with E-state index in [1.165, 1.54) is 12.8 Å². The normalized spacial score (nSPS) is 27.4. The molecule has 0 bridgehead atoms. The number of hydrogen-bond acceptors (Lipinski definition) is 3. The van der Waals surface area contributed by atoms with Crippen molar-refractivity contribution in [1.82, 2.24) is 10.2 Å². The number of nitrogens with one attached hydrogen (secondary N) is 1. The van der Waals surface area contributed by atoms with Gasteiger partial charge in [0.05, 0.1) is 0 Å². The highest BCUT2D eigenvalue weighted by molar-refractivity contribution is 5.73. The molecule has 1 rings (SSSR count). The molecule has 1 aliphatic heterocycles. The van der Waals surface area contributed by atoms with E-state index in [2.05, 4.69) is 24.1 Å². The third-order valence-corrected chi connectivity index (χ3v) is 3.81. The Morgan fingerprint density at radius 1 is 1.44 bits per heavy atom. The quantitative estimate of drug-likeness (QED) is 0.762. The zero-order chi connectivity index (χ0) is 13.7. The highest BCUT2D eigenvalue weighted by Crippen LogP contribution is 2.22. The summed E-state index contributed by atoms with van der Waals surface area (Å²) in [6.45, 7) is 10.5. The average Bonchev–Trinajstić information content (AvgIpc) is 2.25. The first-order valence-corrected chi connectivity index (χ1v) is 7.13. The topological polar surface area (TPSA) is 52.6 Å². The van der Waals surface area contributed by atoms with Crippen LogP contribution in [0.1, 0.15) is 47.0 Å². The molecule has 0 saturated carbocycles. The molecule has 0 amide bonds. The predicted octanol–water partition coefficient (Wildman–Crippen LogP) is 1.95. The maximum absolute atomic E-state index is 11.2. The lowest BCUT2D eigenvalue weighted by Crippen LogP contribution is -2.46. The summed E-state index contributed by atoms with van der Waals surface area (Å²) in [5, 5.41) is 12.3. The van der Waals surface area contributed by atoms with Crippen LogP contribution in [0, 0.1) is 5.92 Å². The van der Waals surface area contributed by atoms with E-state index in [-0.39, 0.29) is 6.04 Å². The highest BCUT2D eigenvalue weighted by atomic mass is 16.4. The van der Waals surface area contributed by atoms with Crippen LogP contribution < -0.4 is 5.32 Å². The molecule has 4 heteroatoms. The predicted molar refractivity (Wildman–Crippen MR) is 73.7 cm³/mol. The van der Waals surface area contributed by atoms with Gasteiger partial charge in [-0.1, -0.05) is 20.8 Å². The van der Waals surface area contributed by atoms with Crippen molar-refractivity contribution in [2.75, 3.05) is 13.1 Å². The van der Waals surface area contributed by atoms with Gasteiger partial charge in [0.1, 0.15) is 6.04 Å². The number of likely N-dealkylation sites (tertiary alicyclic amines) is 1. The maximum Gasteiger partial charge on any atom is 0.320 e. The number of rotatable bonds is 6. The summed E-state index contributed by atoms with van der Waals surface area (Å²) in [6.07, 6.45) is 3.15. The number of aliphatic carboxylic acids is 1. The number of nitrogens with zero attached hydrogens (tertiary/aromatic N) is 1. The van der Waals surface area contributed by atoms with Gasteiger partial charge in [-0.3, -0.25) is 4.79 Å².